The minimum Gasteiger partial charge on any atom is -0.366 e. The van der Waals surface area contributed by atoms with Crippen molar-refractivity contribution < 1.29 is 14.5 Å². The number of hydrogen-bond acceptors (Lipinski definition) is 5. The van der Waals surface area contributed by atoms with E-state index in [1.54, 1.807) is 19.1 Å². The number of nitrogens with zero attached hydrogens (tertiary/aromatic N) is 3. The van der Waals surface area contributed by atoms with Crippen molar-refractivity contribution in [2.45, 2.75) is 13.5 Å². The Morgan fingerprint density at radius 1 is 1.41 bits per heavy atom. The number of carbonyl (C=O) groups is 2. The van der Waals surface area contributed by atoms with Crippen LogP contribution in [0.3, 0.4) is 0 Å². The van der Waals surface area contributed by atoms with Crippen LogP contribution in [0.1, 0.15) is 27.8 Å². The number of nitrogens with two attached hydrogens (primary N) is 1. The molecule has 0 bridgehead atoms. The van der Waals surface area contributed by atoms with Crippen LogP contribution in [0.2, 0.25) is 0 Å². The van der Waals surface area contributed by atoms with Crippen LogP contribution in [-0.2, 0) is 6.54 Å². The Kier molecular flexibility index (Phi) is 4.16. The summed E-state index contributed by atoms with van der Waals surface area (Å²) in [4.78, 5) is 33.8. The van der Waals surface area contributed by atoms with Crippen LogP contribution >= 0.6 is 0 Å². The lowest BCUT2D eigenvalue weighted by atomic mass is 10.1. The van der Waals surface area contributed by atoms with Gasteiger partial charge in [0.1, 0.15) is 6.20 Å². The van der Waals surface area contributed by atoms with Gasteiger partial charge in [-0.3, -0.25) is 24.4 Å². The predicted octanol–water partition coefficient (Wildman–Crippen LogP) is 1.16. The van der Waals surface area contributed by atoms with Gasteiger partial charge in [-0.2, -0.15) is 5.10 Å². The van der Waals surface area contributed by atoms with Crippen molar-refractivity contribution in [2.24, 2.45) is 5.73 Å². The molecule has 1 heterocycles. The summed E-state index contributed by atoms with van der Waals surface area (Å²) in [7, 11) is 0. The second kappa shape index (κ2) is 6.04. The first kappa shape index (κ1) is 15.2. The Labute approximate surface area is 124 Å². The SMILES string of the molecule is CCn1cc([N+](=O)[O-])c(C(=O)Nc2ccccc2C(N)=O)n1. The van der Waals surface area contributed by atoms with E-state index in [0.29, 0.717) is 6.54 Å². The van der Waals surface area contributed by atoms with E-state index in [0.717, 1.165) is 0 Å². The van der Waals surface area contributed by atoms with E-state index in [9.17, 15) is 19.7 Å². The molecule has 9 heteroatoms. The lowest BCUT2D eigenvalue weighted by Crippen LogP contribution is -2.19. The first-order chi connectivity index (χ1) is 10.4. The Morgan fingerprint density at radius 2 is 2.09 bits per heavy atom. The van der Waals surface area contributed by atoms with Crippen molar-refractivity contribution in [3.8, 4) is 0 Å². The Bertz CT molecular complexity index is 753. The molecule has 2 rings (SSSR count). The molecule has 0 atom stereocenters. The highest BCUT2D eigenvalue weighted by molar-refractivity contribution is 6.09. The van der Waals surface area contributed by atoms with Gasteiger partial charge in [0.05, 0.1) is 16.2 Å². The van der Waals surface area contributed by atoms with Gasteiger partial charge in [0, 0.05) is 6.54 Å². The Morgan fingerprint density at radius 3 is 2.68 bits per heavy atom. The predicted molar refractivity (Wildman–Crippen MR) is 77.5 cm³/mol. The van der Waals surface area contributed by atoms with Crippen molar-refractivity contribution in [3.63, 3.8) is 0 Å². The molecule has 22 heavy (non-hydrogen) atoms. The molecule has 0 unspecified atom stereocenters. The number of benzene rings is 1. The maximum absolute atomic E-state index is 12.2. The van der Waals surface area contributed by atoms with Crippen LogP contribution in [0, 0.1) is 10.1 Å². The molecule has 1 aromatic carbocycles. The molecular weight excluding hydrogens is 290 g/mol. The van der Waals surface area contributed by atoms with Gasteiger partial charge in [0.15, 0.2) is 0 Å². The van der Waals surface area contributed by atoms with E-state index in [4.69, 9.17) is 5.73 Å². The average molecular weight is 303 g/mol. The van der Waals surface area contributed by atoms with Crippen LogP contribution in [0.4, 0.5) is 11.4 Å². The summed E-state index contributed by atoms with van der Waals surface area (Å²) in [6, 6.07) is 6.10. The van der Waals surface area contributed by atoms with Crippen LogP contribution in [0.15, 0.2) is 30.5 Å². The molecule has 0 fully saturated rings. The standard InChI is InChI=1S/C13H13N5O4/c1-2-17-7-10(18(21)22)11(16-17)13(20)15-9-6-4-3-5-8(9)12(14)19/h3-7H,2H2,1H3,(H2,14,19)(H,15,20). The lowest BCUT2D eigenvalue weighted by Gasteiger charge is -2.07. The molecule has 114 valence electrons. The summed E-state index contributed by atoms with van der Waals surface area (Å²) in [5.74, 6) is -1.50. The van der Waals surface area contributed by atoms with Gasteiger partial charge in [-0.15, -0.1) is 0 Å². The van der Waals surface area contributed by atoms with Crippen molar-refractivity contribution in [1.29, 1.82) is 0 Å². The molecule has 0 saturated carbocycles. The van der Waals surface area contributed by atoms with Crippen LogP contribution in [0.5, 0.6) is 0 Å². The fraction of sp³-hybridized carbons (Fsp3) is 0.154. The molecule has 3 N–H and O–H groups in total. The molecule has 1 aromatic heterocycles. The third-order valence-electron chi connectivity index (χ3n) is 2.92. The smallest absolute Gasteiger partial charge is 0.320 e. The van der Waals surface area contributed by atoms with Gasteiger partial charge in [0.25, 0.3) is 11.8 Å². The summed E-state index contributed by atoms with van der Waals surface area (Å²) >= 11 is 0. The molecule has 2 aromatic rings. The zero-order chi connectivity index (χ0) is 16.3. The van der Waals surface area contributed by atoms with Gasteiger partial charge in [-0.1, -0.05) is 12.1 Å². The highest BCUT2D eigenvalue weighted by Crippen LogP contribution is 2.20. The first-order valence-corrected chi connectivity index (χ1v) is 6.36. The van der Waals surface area contributed by atoms with Crippen molar-refractivity contribution in [3.05, 3.63) is 51.8 Å². The minimum absolute atomic E-state index is 0.105. The highest BCUT2D eigenvalue weighted by atomic mass is 16.6. The number of rotatable bonds is 5. The summed E-state index contributed by atoms with van der Waals surface area (Å²) in [5, 5.41) is 17.3. The fourth-order valence-electron chi connectivity index (χ4n) is 1.86. The maximum atomic E-state index is 12.2. The molecule has 9 nitrogen and oxygen atoms in total. The summed E-state index contributed by atoms with van der Waals surface area (Å²) in [5.41, 5.74) is 4.75. The first-order valence-electron chi connectivity index (χ1n) is 6.36. The minimum atomic E-state index is -0.785. The fourth-order valence-corrected chi connectivity index (χ4v) is 1.86. The Hall–Kier alpha value is -3.23. The number of aromatic nitrogens is 2. The number of aryl methyl sites for hydroxylation is 1. The third kappa shape index (κ3) is 2.92. The number of nitro groups is 1. The van der Waals surface area contributed by atoms with Crippen LogP contribution in [0.25, 0.3) is 0 Å². The number of primary amides is 1. The summed E-state index contributed by atoms with van der Waals surface area (Å²) < 4.78 is 1.28. The molecule has 0 radical (unpaired) electrons. The van der Waals surface area contributed by atoms with Gasteiger partial charge >= 0.3 is 5.69 Å². The van der Waals surface area contributed by atoms with E-state index in [1.165, 1.54) is 23.0 Å². The highest BCUT2D eigenvalue weighted by Gasteiger charge is 2.26. The average Bonchev–Trinajstić information content (AvgIpc) is 2.92. The molecular formula is C13H13N5O4. The summed E-state index contributed by atoms with van der Waals surface area (Å²) in [6.45, 7) is 2.12. The molecule has 2 amide bonds. The molecule has 0 aliphatic carbocycles. The molecule has 0 spiro atoms. The number of para-hydroxylation sites is 1. The third-order valence-corrected chi connectivity index (χ3v) is 2.92. The lowest BCUT2D eigenvalue weighted by molar-refractivity contribution is -0.385. The zero-order valence-corrected chi connectivity index (χ0v) is 11.6. The molecule has 0 saturated heterocycles. The maximum Gasteiger partial charge on any atom is 0.320 e. The normalized spacial score (nSPS) is 10.2. The largest absolute Gasteiger partial charge is 0.366 e. The van der Waals surface area contributed by atoms with Gasteiger partial charge in [0.2, 0.25) is 5.69 Å². The quantitative estimate of drug-likeness (QED) is 0.631. The topological polar surface area (TPSA) is 133 Å². The number of anilines is 1. The van der Waals surface area contributed by atoms with Gasteiger partial charge in [-0.05, 0) is 19.1 Å². The number of amides is 2. The van der Waals surface area contributed by atoms with Crippen molar-refractivity contribution >= 4 is 23.2 Å². The second-order valence-electron chi connectivity index (χ2n) is 4.34. The van der Waals surface area contributed by atoms with Crippen LogP contribution < -0.4 is 11.1 Å². The van der Waals surface area contributed by atoms with Crippen molar-refractivity contribution in [2.75, 3.05) is 5.32 Å². The monoisotopic (exact) mass is 303 g/mol. The number of carbonyl (C=O) groups excluding carboxylic acids is 2. The number of nitrogens with one attached hydrogen (secondary N) is 1. The second-order valence-corrected chi connectivity index (χ2v) is 4.34. The van der Waals surface area contributed by atoms with Crippen molar-refractivity contribution in [1.82, 2.24) is 9.78 Å². The van der Waals surface area contributed by atoms with Crippen LogP contribution in [-0.4, -0.2) is 26.5 Å². The Balaban J connectivity index is 2.36. The zero-order valence-electron chi connectivity index (χ0n) is 11.6. The van der Waals surface area contributed by atoms with Gasteiger partial charge in [-0.25, -0.2) is 0 Å². The van der Waals surface area contributed by atoms with E-state index < -0.39 is 22.4 Å². The molecule has 0 aliphatic heterocycles. The molecule has 0 aliphatic rings. The number of hydrogen-bond donors (Lipinski definition) is 2. The van der Waals surface area contributed by atoms with E-state index in [1.807, 2.05) is 0 Å². The van der Waals surface area contributed by atoms with Gasteiger partial charge < -0.3 is 11.1 Å². The summed E-state index contributed by atoms with van der Waals surface area (Å²) in [6.07, 6.45) is 1.18. The van der Waals surface area contributed by atoms with E-state index in [2.05, 4.69) is 10.4 Å². The van der Waals surface area contributed by atoms with E-state index in [-0.39, 0.29) is 16.9 Å². The van der Waals surface area contributed by atoms with E-state index >= 15 is 0 Å².